The van der Waals surface area contributed by atoms with Gasteiger partial charge in [0.2, 0.25) is 0 Å². The summed E-state index contributed by atoms with van der Waals surface area (Å²) in [5.74, 6) is -4.67. The molecule has 8 heteroatoms. The van der Waals surface area contributed by atoms with Gasteiger partial charge in [-0.1, -0.05) is 24.3 Å². The molecule has 0 bridgehead atoms. The fourth-order valence-electron chi connectivity index (χ4n) is 1.61. The predicted molar refractivity (Wildman–Crippen MR) is 83.3 cm³/mol. The Bertz CT molecular complexity index is 673. The Morgan fingerprint density at radius 3 is 2.00 bits per heavy atom. The third-order valence-electron chi connectivity index (χ3n) is 2.51. The van der Waals surface area contributed by atoms with Gasteiger partial charge in [0.1, 0.15) is 0 Å². The molecular weight excluding hydrogens is 320 g/mol. The van der Waals surface area contributed by atoms with Crippen LogP contribution in [-0.4, -0.2) is 44.3 Å². The summed E-state index contributed by atoms with van der Waals surface area (Å²) in [6, 6.07) is 4.05. The van der Waals surface area contributed by atoms with E-state index in [-0.39, 0.29) is 29.5 Å². The van der Waals surface area contributed by atoms with Crippen LogP contribution in [0.5, 0.6) is 0 Å². The molecule has 1 rings (SSSR count). The lowest BCUT2D eigenvalue weighted by Gasteiger charge is -2.06. The Hall–Kier alpha value is -3.42. The van der Waals surface area contributed by atoms with Gasteiger partial charge in [0.25, 0.3) is 0 Å². The lowest BCUT2D eigenvalue weighted by atomic mass is 9.98. The van der Waals surface area contributed by atoms with Gasteiger partial charge in [0, 0.05) is 6.08 Å². The third-order valence-corrected chi connectivity index (χ3v) is 2.51. The zero-order valence-electron chi connectivity index (χ0n) is 12.5. The summed E-state index contributed by atoms with van der Waals surface area (Å²) in [5.41, 5.74) is -0.385. The molecule has 0 aliphatic carbocycles. The molecule has 0 heterocycles. The first-order chi connectivity index (χ1) is 11.2. The Balaban J connectivity index is 0.000000754. The van der Waals surface area contributed by atoms with Gasteiger partial charge in [0.05, 0.1) is 17.5 Å². The van der Waals surface area contributed by atoms with Crippen molar-refractivity contribution in [1.29, 1.82) is 0 Å². The van der Waals surface area contributed by atoms with Crippen LogP contribution in [0.1, 0.15) is 32.7 Å². The lowest BCUT2D eigenvalue weighted by Crippen LogP contribution is -2.11. The molecule has 0 saturated heterocycles. The first-order valence-corrected chi connectivity index (χ1v) is 6.51. The maximum Gasteiger partial charge on any atom is 0.336 e. The van der Waals surface area contributed by atoms with Crippen LogP contribution in [0.4, 0.5) is 0 Å². The van der Waals surface area contributed by atoms with Crippen LogP contribution >= 0.6 is 0 Å². The number of carbonyl (C=O) groups is 4. The summed E-state index contributed by atoms with van der Waals surface area (Å²) in [5, 5.41) is 34.1. The van der Waals surface area contributed by atoms with Crippen LogP contribution < -0.4 is 0 Å². The summed E-state index contributed by atoms with van der Waals surface area (Å²) in [6.07, 6.45) is 3.58. The molecule has 8 nitrogen and oxygen atoms in total. The number of aromatic carboxylic acids is 2. The van der Waals surface area contributed by atoms with Crippen LogP contribution in [-0.2, 0) is 16.0 Å². The van der Waals surface area contributed by atoms with Crippen molar-refractivity contribution in [2.45, 2.75) is 12.8 Å². The maximum absolute atomic E-state index is 11.0. The van der Waals surface area contributed by atoms with E-state index in [1.165, 1.54) is 30.4 Å². The van der Waals surface area contributed by atoms with Crippen molar-refractivity contribution in [3.63, 3.8) is 0 Å². The lowest BCUT2D eigenvalue weighted by molar-refractivity contribution is -0.136. The molecule has 0 spiro atoms. The summed E-state index contributed by atoms with van der Waals surface area (Å²) in [6.45, 7) is 3.22. The van der Waals surface area contributed by atoms with Crippen molar-refractivity contribution >= 4 is 23.9 Å². The highest BCUT2D eigenvalue weighted by Gasteiger charge is 2.18. The van der Waals surface area contributed by atoms with Crippen LogP contribution in [0.15, 0.2) is 43.0 Å². The molecule has 24 heavy (non-hydrogen) atoms. The Kier molecular flexibility index (Phi) is 8.86. The van der Waals surface area contributed by atoms with Gasteiger partial charge in [-0.25, -0.2) is 14.4 Å². The molecule has 0 saturated carbocycles. The summed E-state index contributed by atoms with van der Waals surface area (Å²) in [4.78, 5) is 41.7. The molecule has 0 aromatic heterocycles. The second-order valence-electron chi connectivity index (χ2n) is 4.28. The van der Waals surface area contributed by atoms with Crippen molar-refractivity contribution in [3.8, 4) is 0 Å². The van der Waals surface area contributed by atoms with Crippen LogP contribution in [0.2, 0.25) is 0 Å². The average molecular weight is 336 g/mol. The molecule has 0 unspecified atom stereocenters. The number of rotatable bonds is 7. The minimum Gasteiger partial charge on any atom is -0.481 e. The van der Waals surface area contributed by atoms with Gasteiger partial charge in [-0.2, -0.15) is 0 Å². The number of hydrogen-bond acceptors (Lipinski definition) is 4. The molecule has 1 aromatic carbocycles. The molecule has 1 aromatic rings. The number of allylic oxidation sites excluding steroid dienone is 1. The molecule has 128 valence electrons. The highest BCUT2D eigenvalue weighted by atomic mass is 16.4. The van der Waals surface area contributed by atoms with Gasteiger partial charge < -0.3 is 20.4 Å². The molecule has 0 atom stereocenters. The van der Waals surface area contributed by atoms with Gasteiger partial charge in [0.15, 0.2) is 0 Å². The Morgan fingerprint density at radius 1 is 1.00 bits per heavy atom. The third kappa shape index (κ3) is 7.55. The zero-order chi connectivity index (χ0) is 18.7. The van der Waals surface area contributed by atoms with Crippen LogP contribution in [0.25, 0.3) is 0 Å². The summed E-state index contributed by atoms with van der Waals surface area (Å²) >= 11 is 0. The van der Waals surface area contributed by atoms with E-state index in [0.717, 1.165) is 6.08 Å². The van der Waals surface area contributed by atoms with E-state index in [2.05, 4.69) is 6.58 Å². The van der Waals surface area contributed by atoms with Gasteiger partial charge in [-0.05, 0) is 18.1 Å². The smallest absolute Gasteiger partial charge is 0.336 e. The Labute approximate surface area is 137 Å². The van der Waals surface area contributed by atoms with Crippen molar-refractivity contribution in [2.75, 3.05) is 0 Å². The molecule has 0 fully saturated rings. The number of benzene rings is 1. The summed E-state index contributed by atoms with van der Waals surface area (Å²) < 4.78 is 0. The van der Waals surface area contributed by atoms with E-state index < -0.39 is 23.9 Å². The molecule has 0 aliphatic rings. The highest BCUT2D eigenvalue weighted by molar-refractivity contribution is 6.02. The first kappa shape index (κ1) is 20.6. The fourth-order valence-corrected chi connectivity index (χ4v) is 1.61. The topological polar surface area (TPSA) is 149 Å². The fraction of sp³-hybridized carbons (Fsp3) is 0.125. The van der Waals surface area contributed by atoms with Crippen molar-refractivity contribution < 1.29 is 39.6 Å². The predicted octanol–water partition coefficient (Wildman–Crippen LogP) is 1.91. The largest absolute Gasteiger partial charge is 0.481 e. The zero-order valence-corrected chi connectivity index (χ0v) is 12.5. The number of carboxylic acid groups (broad SMARTS) is 4. The average Bonchev–Trinajstić information content (AvgIpc) is 2.46. The van der Waals surface area contributed by atoms with Crippen molar-refractivity contribution in [3.05, 3.63) is 59.7 Å². The van der Waals surface area contributed by atoms with Crippen LogP contribution in [0.3, 0.4) is 0 Å². The van der Waals surface area contributed by atoms with Gasteiger partial charge >= 0.3 is 23.9 Å². The number of aliphatic carboxylic acids is 2. The minimum absolute atomic E-state index is 0.0368. The molecule has 4 N–H and O–H groups in total. The second-order valence-corrected chi connectivity index (χ2v) is 4.28. The number of carboxylic acids is 4. The molecule has 0 amide bonds. The molecule has 0 aliphatic heterocycles. The van der Waals surface area contributed by atoms with E-state index in [9.17, 15) is 19.2 Å². The first-order valence-electron chi connectivity index (χ1n) is 6.51. The van der Waals surface area contributed by atoms with Gasteiger partial charge in [-0.15, -0.1) is 6.58 Å². The normalized spacial score (nSPS) is 9.67. The monoisotopic (exact) mass is 336 g/mol. The highest BCUT2D eigenvalue weighted by Crippen LogP contribution is 2.16. The van der Waals surface area contributed by atoms with E-state index in [1.54, 1.807) is 0 Å². The SMILES string of the molecule is C=CCC(=O)O.O=C(O)/C=C/Cc1cccc(C(=O)O)c1C(=O)O. The van der Waals surface area contributed by atoms with Gasteiger partial charge in [-0.3, -0.25) is 4.79 Å². The quantitative estimate of drug-likeness (QED) is 0.435. The number of hydrogen-bond donors (Lipinski definition) is 4. The molecule has 0 radical (unpaired) electrons. The van der Waals surface area contributed by atoms with E-state index >= 15 is 0 Å². The van der Waals surface area contributed by atoms with E-state index in [4.69, 9.17) is 20.4 Å². The Morgan fingerprint density at radius 2 is 1.62 bits per heavy atom. The van der Waals surface area contributed by atoms with E-state index in [0.29, 0.717) is 0 Å². The second kappa shape index (κ2) is 10.3. The maximum atomic E-state index is 11.0. The summed E-state index contributed by atoms with van der Waals surface area (Å²) in [7, 11) is 0. The van der Waals surface area contributed by atoms with Crippen molar-refractivity contribution in [2.24, 2.45) is 0 Å². The van der Waals surface area contributed by atoms with E-state index in [1.807, 2.05) is 0 Å². The van der Waals surface area contributed by atoms with Crippen molar-refractivity contribution in [1.82, 2.24) is 0 Å². The minimum atomic E-state index is -1.35. The van der Waals surface area contributed by atoms with Crippen LogP contribution in [0, 0.1) is 0 Å². The standard InChI is InChI=1S/C12H10O6.C4H6O2/c13-9(14)6-2-4-7-3-1-5-8(11(15)16)10(7)12(17)18;1-2-3-4(5)6/h1-3,5-6H,4H2,(H,13,14)(H,15,16)(H,17,18);2H,1,3H2,(H,5,6)/b6-2+;. The molecular formula is C16H16O8.